The molecule has 2 aromatic rings. The first-order valence-electron chi connectivity index (χ1n) is 7.95. The molecule has 0 saturated heterocycles. The average molecular weight is 403 g/mol. The maximum atomic E-state index is 8.49. The van der Waals surface area contributed by atoms with E-state index in [1.165, 1.54) is 39.0 Å². The zero-order valence-electron chi connectivity index (χ0n) is 14.4. The van der Waals surface area contributed by atoms with Crippen molar-refractivity contribution >= 4 is 22.7 Å². The van der Waals surface area contributed by atoms with Gasteiger partial charge in [-0.1, -0.05) is 32.0 Å². The molecular formula is C18H23ClO4S2. The topological polar surface area (TPSA) is 92.2 Å². The largest absolute Gasteiger partial charge is 0.222 e. The van der Waals surface area contributed by atoms with Crippen LogP contribution in [0, 0.1) is 10.2 Å². The minimum Gasteiger partial charge on any atom is -0.222 e. The second-order valence-corrected chi connectivity index (χ2v) is 9.16. The van der Waals surface area contributed by atoms with Gasteiger partial charge in [-0.3, -0.25) is 0 Å². The molecule has 7 heteroatoms. The highest BCUT2D eigenvalue weighted by molar-refractivity contribution is 7.99. The summed E-state index contributed by atoms with van der Waals surface area (Å²) >= 11 is 1.95. The summed E-state index contributed by atoms with van der Waals surface area (Å²) in [6.45, 7) is 4.50. The lowest BCUT2D eigenvalue weighted by Gasteiger charge is -2.17. The molecule has 0 aliphatic heterocycles. The highest BCUT2D eigenvalue weighted by Gasteiger charge is 2.23. The van der Waals surface area contributed by atoms with Crippen LogP contribution in [0.25, 0.3) is 0 Å². The van der Waals surface area contributed by atoms with Gasteiger partial charge in [0.05, 0.1) is 10.9 Å². The van der Waals surface area contributed by atoms with Crippen molar-refractivity contribution in [3.05, 3.63) is 54.6 Å². The van der Waals surface area contributed by atoms with Gasteiger partial charge in [-0.05, 0) is 55.0 Å². The van der Waals surface area contributed by atoms with E-state index in [0.29, 0.717) is 0 Å². The Labute approximate surface area is 159 Å². The van der Waals surface area contributed by atoms with E-state index in [9.17, 15) is 0 Å². The molecule has 0 amide bonds. The van der Waals surface area contributed by atoms with E-state index in [4.69, 9.17) is 18.6 Å². The average Bonchev–Trinajstić information content (AvgIpc) is 2.58. The van der Waals surface area contributed by atoms with Gasteiger partial charge in [0, 0.05) is 4.90 Å². The van der Waals surface area contributed by atoms with Crippen molar-refractivity contribution < 1.29 is 28.9 Å². The van der Waals surface area contributed by atoms with Crippen LogP contribution in [-0.4, -0.2) is 11.5 Å². The zero-order valence-corrected chi connectivity index (χ0v) is 16.7. The van der Waals surface area contributed by atoms with Crippen LogP contribution in [0.4, 0.5) is 0 Å². The predicted octanol–water partition coefficient (Wildman–Crippen LogP) is 0.879. The predicted molar refractivity (Wildman–Crippen MR) is 93.0 cm³/mol. The third kappa shape index (κ3) is 10.1. The Morgan fingerprint density at radius 3 is 1.80 bits per heavy atom. The smallest absolute Gasteiger partial charge is 0.160 e. The van der Waals surface area contributed by atoms with E-state index in [2.05, 4.69) is 68.4 Å². The second kappa shape index (κ2) is 11.8. The van der Waals surface area contributed by atoms with Crippen LogP contribution in [0.15, 0.2) is 69.3 Å². The van der Waals surface area contributed by atoms with Gasteiger partial charge in [-0.15, -0.1) is 22.0 Å². The molecule has 0 saturated carbocycles. The second-order valence-electron chi connectivity index (χ2n) is 5.11. The van der Waals surface area contributed by atoms with Crippen LogP contribution in [-0.2, 0) is 10.9 Å². The van der Waals surface area contributed by atoms with Crippen LogP contribution < -0.4 is 18.6 Å². The minimum atomic E-state index is -4.94. The Balaban J connectivity index is 0.000000550. The quantitative estimate of drug-likeness (QED) is 0.506. The number of hydrogen-bond acceptors (Lipinski definition) is 5. The summed E-state index contributed by atoms with van der Waals surface area (Å²) in [6, 6.07) is 20.1. The van der Waals surface area contributed by atoms with E-state index in [0.717, 1.165) is 0 Å². The van der Waals surface area contributed by atoms with E-state index in [-0.39, 0.29) is 10.9 Å². The van der Waals surface area contributed by atoms with E-state index in [1.54, 1.807) is 0 Å². The third-order valence-corrected chi connectivity index (χ3v) is 6.73. The lowest BCUT2D eigenvalue weighted by atomic mass is 10.4. The number of benzene rings is 2. The first-order chi connectivity index (χ1) is 11.8. The first-order valence-corrected chi connectivity index (χ1v) is 11.6. The van der Waals surface area contributed by atoms with Crippen molar-refractivity contribution in [3.8, 4) is 0 Å². The van der Waals surface area contributed by atoms with Gasteiger partial charge < -0.3 is 0 Å². The van der Waals surface area contributed by atoms with Crippen LogP contribution in [0.5, 0.6) is 0 Å². The Bertz CT molecular complexity index is 582. The molecule has 25 heavy (non-hydrogen) atoms. The molecule has 4 nitrogen and oxygen atoms in total. The van der Waals surface area contributed by atoms with Crippen LogP contribution in [0.1, 0.15) is 26.7 Å². The molecule has 0 aliphatic rings. The van der Waals surface area contributed by atoms with Gasteiger partial charge in [0.1, 0.15) is 5.75 Å². The molecule has 0 bridgehead atoms. The van der Waals surface area contributed by atoms with E-state index < -0.39 is 10.2 Å². The standard InChI is InChI=1S/C18H23S2.ClHO4/c1-3-14-19-16-10-12-18(13-11-16)20(15-4-2)17-8-6-5-7-9-17;2-1(3,4)5/h5-13H,3-4,14-15H2,1-2H3;(H,2,3,4,5)/q+1;/p-1. The van der Waals surface area contributed by atoms with Gasteiger partial charge in [0.15, 0.2) is 9.79 Å². The highest BCUT2D eigenvalue weighted by Crippen LogP contribution is 2.27. The SMILES string of the molecule is CCCSc1ccc([S+](CCC)c2ccccc2)cc1.[O-][Cl+3]([O-])([O-])[O-]. The number of halogens is 1. The van der Waals surface area contributed by atoms with Crippen molar-refractivity contribution in [2.75, 3.05) is 11.5 Å². The summed E-state index contributed by atoms with van der Waals surface area (Å²) in [7, 11) is -4.72. The Kier molecular flexibility index (Phi) is 10.5. The molecule has 0 fully saturated rings. The fourth-order valence-electron chi connectivity index (χ4n) is 2.08. The Morgan fingerprint density at radius 1 is 0.800 bits per heavy atom. The number of rotatable bonds is 7. The lowest BCUT2D eigenvalue weighted by molar-refractivity contribution is -2.00. The van der Waals surface area contributed by atoms with Gasteiger partial charge in [-0.2, -0.15) is 0 Å². The number of hydrogen-bond donors (Lipinski definition) is 0. The Hall–Kier alpha value is -0.730. The van der Waals surface area contributed by atoms with Gasteiger partial charge in [0.25, 0.3) is 0 Å². The molecule has 1 atom stereocenters. The van der Waals surface area contributed by atoms with Gasteiger partial charge >= 0.3 is 0 Å². The van der Waals surface area contributed by atoms with Crippen molar-refractivity contribution in [3.63, 3.8) is 0 Å². The summed E-state index contributed by atoms with van der Waals surface area (Å²) in [5.74, 6) is 2.45. The molecule has 1 unspecified atom stereocenters. The molecule has 0 heterocycles. The normalized spacial score (nSPS) is 12.2. The van der Waals surface area contributed by atoms with Crippen molar-refractivity contribution in [2.45, 2.75) is 41.4 Å². The molecule has 138 valence electrons. The zero-order chi connectivity index (χ0) is 18.7. The molecule has 0 aromatic heterocycles. The maximum Gasteiger partial charge on any atom is 0.160 e. The first kappa shape index (κ1) is 22.3. The molecule has 0 aliphatic carbocycles. The van der Waals surface area contributed by atoms with Crippen molar-refractivity contribution in [2.24, 2.45) is 0 Å². The summed E-state index contributed by atoms with van der Waals surface area (Å²) in [4.78, 5) is 4.32. The molecule has 0 N–H and O–H groups in total. The summed E-state index contributed by atoms with van der Waals surface area (Å²) in [5, 5.41) is 0. The van der Waals surface area contributed by atoms with E-state index in [1.807, 2.05) is 11.8 Å². The highest BCUT2D eigenvalue weighted by atomic mass is 35.7. The maximum absolute atomic E-state index is 8.49. The fraction of sp³-hybridized carbons (Fsp3) is 0.333. The van der Waals surface area contributed by atoms with Gasteiger partial charge in [-0.25, -0.2) is 18.6 Å². The molecule has 2 rings (SSSR count). The summed E-state index contributed by atoms with van der Waals surface area (Å²) in [6.07, 6.45) is 2.46. The minimum absolute atomic E-state index is 0.225. The summed E-state index contributed by atoms with van der Waals surface area (Å²) < 4.78 is 34.0. The van der Waals surface area contributed by atoms with Crippen LogP contribution >= 0.6 is 11.8 Å². The summed E-state index contributed by atoms with van der Waals surface area (Å²) in [5.41, 5.74) is 0. The van der Waals surface area contributed by atoms with E-state index >= 15 is 0 Å². The molecule has 0 spiro atoms. The molecule has 2 aromatic carbocycles. The fourth-order valence-corrected chi connectivity index (χ4v) is 4.95. The third-order valence-electron chi connectivity index (χ3n) is 3.02. The Morgan fingerprint density at radius 2 is 1.32 bits per heavy atom. The lowest BCUT2D eigenvalue weighted by Crippen LogP contribution is -2.68. The van der Waals surface area contributed by atoms with Gasteiger partial charge in [0.2, 0.25) is 0 Å². The van der Waals surface area contributed by atoms with Crippen LogP contribution in [0.2, 0.25) is 0 Å². The van der Waals surface area contributed by atoms with Crippen LogP contribution in [0.3, 0.4) is 0 Å². The van der Waals surface area contributed by atoms with Crippen molar-refractivity contribution in [1.29, 1.82) is 0 Å². The molecule has 0 radical (unpaired) electrons. The monoisotopic (exact) mass is 402 g/mol. The van der Waals surface area contributed by atoms with Crippen molar-refractivity contribution in [1.82, 2.24) is 0 Å². The number of thioether (sulfide) groups is 1. The molecular weight excluding hydrogens is 380 g/mol.